The van der Waals surface area contributed by atoms with Crippen molar-refractivity contribution < 1.29 is 50.6 Å². The van der Waals surface area contributed by atoms with Gasteiger partial charge in [0.05, 0.1) is 38.7 Å². The van der Waals surface area contributed by atoms with Gasteiger partial charge in [-0.1, -0.05) is 26.0 Å². The van der Waals surface area contributed by atoms with Crippen molar-refractivity contribution in [3.63, 3.8) is 0 Å². The summed E-state index contributed by atoms with van der Waals surface area (Å²) in [7, 11) is -1.40. The highest BCUT2D eigenvalue weighted by Gasteiger charge is 2.64. The van der Waals surface area contributed by atoms with E-state index in [9.17, 15) is 36.4 Å². The highest BCUT2D eigenvalue weighted by molar-refractivity contribution is 7.91. The topological polar surface area (TPSA) is 195 Å². The monoisotopic (exact) mass is 838 g/mol. The molecule has 0 radical (unpaired) electrons. The summed E-state index contributed by atoms with van der Waals surface area (Å²) >= 11 is 0. The third-order valence-electron chi connectivity index (χ3n) is 12.1. The second-order valence-corrected chi connectivity index (χ2v) is 18.3. The maximum atomic E-state index is 14.9. The summed E-state index contributed by atoms with van der Waals surface area (Å²) in [4.78, 5) is 66.5. The van der Waals surface area contributed by atoms with Crippen LogP contribution >= 0.6 is 0 Å². The summed E-state index contributed by atoms with van der Waals surface area (Å²) in [6, 6.07) is 3.90. The molecule has 4 amide bonds. The number of carbonyl (C=O) groups excluding carboxylic acids is 4. The number of halogens is 2. The number of hydrogen-bond donors (Lipinski definition) is 3. The lowest BCUT2D eigenvalue weighted by Gasteiger charge is -2.33. The third kappa shape index (κ3) is 8.15. The number of pyridine rings is 2. The highest BCUT2D eigenvalue weighted by Crippen LogP contribution is 2.48. The lowest BCUT2D eigenvalue weighted by molar-refractivity contribution is -0.142. The molecule has 0 spiro atoms. The maximum absolute atomic E-state index is 14.9. The first-order chi connectivity index (χ1) is 28.2. The van der Waals surface area contributed by atoms with E-state index in [-0.39, 0.29) is 49.6 Å². The fourth-order valence-corrected chi connectivity index (χ4v) is 9.67. The summed E-state index contributed by atoms with van der Waals surface area (Å²) in [5.41, 5.74) is -2.03. The van der Waals surface area contributed by atoms with Gasteiger partial charge in [-0.25, -0.2) is 22.2 Å². The zero-order valence-corrected chi connectivity index (χ0v) is 34.0. The molecule has 2 aromatic heterocycles. The number of rotatable bonds is 10. The highest BCUT2D eigenvalue weighted by atomic mass is 32.2. The fourth-order valence-electron chi connectivity index (χ4n) is 8.24. The number of fused-ring (bicyclic) bond motifs is 3. The van der Waals surface area contributed by atoms with Gasteiger partial charge in [0.1, 0.15) is 46.6 Å². The quantitative estimate of drug-likeness (QED) is 0.252. The Hall–Kier alpha value is -5.39. The fraction of sp³-hybridized carbons (Fsp3) is 0.512. The molecule has 2 aliphatic heterocycles. The van der Waals surface area contributed by atoms with E-state index in [1.165, 1.54) is 37.6 Å². The van der Waals surface area contributed by atoms with Gasteiger partial charge in [-0.2, -0.15) is 0 Å². The molecule has 1 aromatic carbocycles. The van der Waals surface area contributed by atoms with Crippen molar-refractivity contribution in [1.82, 2.24) is 30.2 Å². The molecule has 3 N–H and O–H groups in total. The molecule has 316 valence electrons. The van der Waals surface area contributed by atoms with Crippen LogP contribution in [-0.2, 0) is 24.4 Å². The molecule has 3 fully saturated rings. The molecule has 7 atom stereocenters. The Bertz CT molecular complexity index is 2290. The van der Waals surface area contributed by atoms with Crippen molar-refractivity contribution in [2.24, 2.45) is 17.8 Å². The standard InChI is InChI=1S/C41H48F2N6O9S/c1-23-7-5-6-8-25-18-41(25,39(53)48-59(54,55)40(22-42)12-13-40)47-36(51)32-17-27(58-37-28-10-9-26(56-3)16-30(28)33(57-4)20-45-37)21-49(32)38(52)34(24(2)15-23)46-35(50)29-11-14-44-19-31(29)43/h6,8-11,14,16,19-20,23-25,27,32,34H,5,7,12-13,15,17-18,21-22H2,1-4H3,(H,46,50)(H,47,51)(H,48,53)/b8-6-/t23-,24-,25-,27-,32+,34+,41-/m1/s1. The Kier molecular flexibility index (Phi) is 11.6. The van der Waals surface area contributed by atoms with Crippen molar-refractivity contribution in [1.29, 1.82) is 0 Å². The second kappa shape index (κ2) is 16.3. The van der Waals surface area contributed by atoms with Crippen molar-refractivity contribution in [2.45, 2.75) is 87.3 Å². The molecule has 1 saturated heterocycles. The number of sulfonamides is 1. The molecule has 4 aliphatic rings. The van der Waals surface area contributed by atoms with E-state index in [0.29, 0.717) is 41.5 Å². The van der Waals surface area contributed by atoms with Crippen LogP contribution in [0.25, 0.3) is 10.8 Å². The number of hydrogen-bond acceptors (Lipinski definition) is 11. The molecule has 15 nitrogen and oxygen atoms in total. The molecule has 59 heavy (non-hydrogen) atoms. The van der Waals surface area contributed by atoms with Crippen LogP contribution in [0.3, 0.4) is 0 Å². The number of ether oxygens (including phenoxy) is 3. The molecule has 7 rings (SSSR count). The number of alkyl halides is 1. The average Bonchev–Trinajstić information content (AvgIpc) is 4.12. The van der Waals surface area contributed by atoms with E-state index in [1.807, 2.05) is 13.0 Å². The SMILES string of the molecule is COc1ccc2c(O[C@@H]3C[C@H]4C(=O)N[C@]5(C(=O)NS(=O)(=O)C6(CF)CC6)C[C@H]5/C=C\CC[C@@H](C)C[C@@H](C)[C@H](NC(=O)c5ccncc5F)C(=O)N4C3)ncc(OC)c2c1. The largest absolute Gasteiger partial charge is 0.497 e. The van der Waals surface area contributed by atoms with Gasteiger partial charge in [0.2, 0.25) is 27.7 Å². The Morgan fingerprint density at radius 2 is 1.85 bits per heavy atom. The average molecular weight is 839 g/mol. The minimum absolute atomic E-state index is 0.0377. The third-order valence-corrected chi connectivity index (χ3v) is 14.2. The summed E-state index contributed by atoms with van der Waals surface area (Å²) < 4.78 is 72.8. The molecule has 2 aliphatic carbocycles. The lowest BCUT2D eigenvalue weighted by Crippen LogP contribution is -2.59. The van der Waals surface area contributed by atoms with E-state index in [4.69, 9.17) is 14.2 Å². The molecule has 2 saturated carbocycles. The Morgan fingerprint density at radius 1 is 1.07 bits per heavy atom. The predicted molar refractivity (Wildman–Crippen MR) is 210 cm³/mol. The number of benzene rings is 1. The summed E-state index contributed by atoms with van der Waals surface area (Å²) in [6.45, 7) is 2.49. The summed E-state index contributed by atoms with van der Waals surface area (Å²) in [6.07, 6.45) is 8.23. The first kappa shape index (κ1) is 41.8. The van der Waals surface area contributed by atoms with Crippen LogP contribution in [0, 0.1) is 23.6 Å². The van der Waals surface area contributed by atoms with Gasteiger partial charge in [0.15, 0.2) is 5.82 Å². The van der Waals surface area contributed by atoms with Crippen molar-refractivity contribution in [3.8, 4) is 17.4 Å². The van der Waals surface area contributed by atoms with Crippen molar-refractivity contribution in [3.05, 3.63) is 66.4 Å². The van der Waals surface area contributed by atoms with Crippen LogP contribution in [-0.4, -0.2) is 103 Å². The predicted octanol–water partition coefficient (Wildman–Crippen LogP) is 3.77. The molecule has 0 unspecified atom stereocenters. The number of allylic oxidation sites excluding steroid dienone is 1. The number of nitrogens with one attached hydrogen (secondary N) is 3. The van der Waals surface area contributed by atoms with Crippen LogP contribution in [0.2, 0.25) is 0 Å². The zero-order chi connectivity index (χ0) is 42.3. The smallest absolute Gasteiger partial charge is 0.259 e. The van der Waals surface area contributed by atoms with Crippen molar-refractivity contribution >= 4 is 44.4 Å². The van der Waals surface area contributed by atoms with Crippen LogP contribution in [0.4, 0.5) is 8.78 Å². The summed E-state index contributed by atoms with van der Waals surface area (Å²) in [5.74, 6) is -3.99. The Balaban J connectivity index is 1.25. The Morgan fingerprint density at radius 3 is 2.54 bits per heavy atom. The van der Waals surface area contributed by atoms with Crippen LogP contribution < -0.4 is 29.6 Å². The number of methoxy groups -OCH3 is 2. The number of carbonyl (C=O) groups is 4. The molecule has 3 aromatic rings. The van der Waals surface area contributed by atoms with E-state index in [0.717, 1.165) is 6.20 Å². The van der Waals surface area contributed by atoms with Gasteiger partial charge < -0.3 is 29.7 Å². The zero-order valence-electron chi connectivity index (χ0n) is 33.2. The maximum Gasteiger partial charge on any atom is 0.259 e. The normalized spacial score (nSPS) is 28.5. The summed E-state index contributed by atoms with van der Waals surface area (Å²) in [5, 5.41) is 6.72. The van der Waals surface area contributed by atoms with Crippen LogP contribution in [0.1, 0.15) is 69.2 Å². The molecule has 4 heterocycles. The first-order valence-electron chi connectivity index (χ1n) is 19.7. The molecule has 0 bridgehead atoms. The van der Waals surface area contributed by atoms with Crippen LogP contribution in [0.5, 0.6) is 17.4 Å². The van der Waals surface area contributed by atoms with Gasteiger partial charge in [-0.05, 0) is 74.6 Å². The van der Waals surface area contributed by atoms with Gasteiger partial charge in [0, 0.05) is 29.3 Å². The van der Waals surface area contributed by atoms with Crippen molar-refractivity contribution in [2.75, 3.05) is 27.4 Å². The van der Waals surface area contributed by atoms with Gasteiger partial charge >= 0.3 is 0 Å². The van der Waals surface area contributed by atoms with E-state index >= 15 is 0 Å². The van der Waals surface area contributed by atoms with Crippen LogP contribution in [0.15, 0.2) is 55.0 Å². The number of amides is 4. The lowest BCUT2D eigenvalue weighted by atomic mass is 9.87. The number of aromatic nitrogens is 2. The number of nitrogens with zero attached hydrogens (tertiary/aromatic N) is 3. The molecule has 18 heteroatoms. The van der Waals surface area contributed by atoms with E-state index < -0.39 is 86.5 Å². The molecular formula is C41H48F2N6O9S. The minimum atomic E-state index is -4.43. The molecular weight excluding hydrogens is 791 g/mol. The van der Waals surface area contributed by atoms with Gasteiger partial charge in [0.25, 0.3) is 11.8 Å². The second-order valence-electron chi connectivity index (χ2n) is 16.2. The van der Waals surface area contributed by atoms with Gasteiger partial charge in [-0.3, -0.25) is 28.9 Å². The van der Waals surface area contributed by atoms with E-state index in [2.05, 4.69) is 25.3 Å². The minimum Gasteiger partial charge on any atom is -0.497 e. The van der Waals surface area contributed by atoms with Gasteiger partial charge in [-0.15, -0.1) is 0 Å². The first-order valence-corrected chi connectivity index (χ1v) is 21.1. The Labute approximate surface area is 340 Å². The van der Waals surface area contributed by atoms with E-state index in [1.54, 1.807) is 31.2 Å².